The van der Waals surface area contributed by atoms with E-state index < -0.39 is 0 Å². The second-order valence-electron chi connectivity index (χ2n) is 4.76. The topological polar surface area (TPSA) is 46.2 Å². The lowest BCUT2D eigenvalue weighted by Crippen LogP contribution is -2.31. The lowest BCUT2D eigenvalue weighted by Gasteiger charge is -2.17. The number of rotatable bonds is 4. The number of hydrogen-bond acceptors (Lipinski definition) is 3. The van der Waals surface area contributed by atoms with Gasteiger partial charge in [-0.2, -0.15) is 0 Å². The minimum atomic E-state index is 0.0979. The van der Waals surface area contributed by atoms with Crippen LogP contribution in [-0.4, -0.2) is 17.2 Å². The number of ether oxygens (including phenoxy) is 1. The van der Waals surface area contributed by atoms with E-state index in [-0.39, 0.29) is 6.04 Å². The molecule has 0 aliphatic heterocycles. The Bertz CT molecular complexity index is 613. The van der Waals surface area contributed by atoms with Crippen LogP contribution in [0.5, 0.6) is 5.75 Å². The molecule has 0 saturated heterocycles. The number of nitrogens with zero attached hydrogens (tertiary/aromatic N) is 1. The third-order valence-electron chi connectivity index (χ3n) is 3.09. The Morgan fingerprint density at radius 1 is 1.19 bits per heavy atom. The molecular formula is C16H19N3OS. The largest absolute Gasteiger partial charge is 0.497 e. The highest BCUT2D eigenvalue weighted by atomic mass is 32.1. The summed E-state index contributed by atoms with van der Waals surface area (Å²) in [6.07, 6.45) is 0. The molecule has 0 bridgehead atoms. The first kappa shape index (κ1) is 15.3. The highest BCUT2D eigenvalue weighted by molar-refractivity contribution is 7.80. The van der Waals surface area contributed by atoms with E-state index in [0.29, 0.717) is 5.11 Å². The molecule has 0 unspecified atom stereocenters. The molecule has 4 nitrogen and oxygen atoms in total. The Balaban J connectivity index is 1.95. The van der Waals surface area contributed by atoms with Crippen molar-refractivity contribution >= 4 is 23.1 Å². The van der Waals surface area contributed by atoms with Gasteiger partial charge >= 0.3 is 0 Å². The number of methoxy groups -OCH3 is 1. The van der Waals surface area contributed by atoms with Crippen molar-refractivity contribution in [3.8, 4) is 5.75 Å². The number of pyridine rings is 1. The van der Waals surface area contributed by atoms with E-state index in [0.717, 1.165) is 22.8 Å². The molecule has 5 heteroatoms. The summed E-state index contributed by atoms with van der Waals surface area (Å²) < 4.78 is 5.15. The number of aryl methyl sites for hydroxylation is 1. The highest BCUT2D eigenvalue weighted by Crippen LogP contribution is 2.17. The molecule has 2 N–H and O–H groups in total. The molecular weight excluding hydrogens is 282 g/mol. The number of anilines is 1. The minimum Gasteiger partial charge on any atom is -0.497 e. The van der Waals surface area contributed by atoms with E-state index in [9.17, 15) is 0 Å². The van der Waals surface area contributed by atoms with Crippen molar-refractivity contribution in [1.82, 2.24) is 10.3 Å². The maximum atomic E-state index is 5.32. The zero-order valence-corrected chi connectivity index (χ0v) is 13.2. The fraction of sp³-hybridized carbons (Fsp3) is 0.250. The third kappa shape index (κ3) is 4.43. The number of nitrogens with one attached hydrogen (secondary N) is 2. The van der Waals surface area contributed by atoms with E-state index in [2.05, 4.69) is 22.5 Å². The van der Waals surface area contributed by atoms with Crippen LogP contribution in [0.2, 0.25) is 0 Å². The average Bonchev–Trinajstić information content (AvgIpc) is 2.47. The van der Waals surface area contributed by atoms with E-state index in [1.807, 2.05) is 49.4 Å². The van der Waals surface area contributed by atoms with Crippen LogP contribution in [0.4, 0.5) is 5.82 Å². The lowest BCUT2D eigenvalue weighted by molar-refractivity contribution is 0.414. The summed E-state index contributed by atoms with van der Waals surface area (Å²) in [5.41, 5.74) is 2.09. The first-order valence-corrected chi connectivity index (χ1v) is 7.14. The predicted molar refractivity (Wildman–Crippen MR) is 89.7 cm³/mol. The van der Waals surface area contributed by atoms with E-state index in [4.69, 9.17) is 17.0 Å². The van der Waals surface area contributed by atoms with Gasteiger partial charge in [-0.3, -0.25) is 0 Å². The van der Waals surface area contributed by atoms with Gasteiger partial charge in [-0.15, -0.1) is 0 Å². The summed E-state index contributed by atoms with van der Waals surface area (Å²) in [5.74, 6) is 1.59. The fourth-order valence-electron chi connectivity index (χ4n) is 1.94. The molecule has 2 aromatic rings. The van der Waals surface area contributed by atoms with Crippen LogP contribution in [0.15, 0.2) is 42.5 Å². The second-order valence-corrected chi connectivity index (χ2v) is 5.17. The third-order valence-corrected chi connectivity index (χ3v) is 3.31. The smallest absolute Gasteiger partial charge is 0.172 e. The molecule has 0 aliphatic carbocycles. The van der Waals surface area contributed by atoms with E-state index >= 15 is 0 Å². The number of thiocarbonyl (C=S) groups is 1. The van der Waals surface area contributed by atoms with E-state index in [1.54, 1.807) is 7.11 Å². The summed E-state index contributed by atoms with van der Waals surface area (Å²) in [4.78, 5) is 4.36. The van der Waals surface area contributed by atoms with Crippen LogP contribution in [-0.2, 0) is 0 Å². The van der Waals surface area contributed by atoms with Crippen molar-refractivity contribution in [2.45, 2.75) is 19.9 Å². The fourth-order valence-corrected chi connectivity index (χ4v) is 2.22. The average molecular weight is 301 g/mol. The van der Waals surface area contributed by atoms with Crippen LogP contribution in [0.3, 0.4) is 0 Å². The zero-order chi connectivity index (χ0) is 15.2. The van der Waals surface area contributed by atoms with Gasteiger partial charge in [-0.25, -0.2) is 4.98 Å². The van der Waals surface area contributed by atoms with Crippen molar-refractivity contribution in [3.63, 3.8) is 0 Å². The minimum absolute atomic E-state index is 0.0979. The quantitative estimate of drug-likeness (QED) is 0.847. The van der Waals surface area contributed by atoms with Crippen LogP contribution >= 0.6 is 12.2 Å². The first-order chi connectivity index (χ1) is 10.1. The Morgan fingerprint density at radius 2 is 1.90 bits per heavy atom. The molecule has 1 aromatic heterocycles. The van der Waals surface area contributed by atoms with Gasteiger partial charge in [-0.1, -0.05) is 18.2 Å². The second kappa shape index (κ2) is 7.04. The van der Waals surface area contributed by atoms with Crippen LogP contribution in [0, 0.1) is 6.92 Å². The lowest BCUT2D eigenvalue weighted by atomic mass is 10.1. The Hall–Kier alpha value is -2.14. The maximum Gasteiger partial charge on any atom is 0.172 e. The zero-order valence-electron chi connectivity index (χ0n) is 12.4. The van der Waals surface area contributed by atoms with Gasteiger partial charge in [-0.05, 0) is 55.9 Å². The molecule has 110 valence electrons. The summed E-state index contributed by atoms with van der Waals surface area (Å²) >= 11 is 5.32. The first-order valence-electron chi connectivity index (χ1n) is 6.73. The standard InChI is InChI=1S/C16H19N3OS/c1-11-5-4-6-15(17-11)19-16(21)18-12(2)13-7-9-14(20-3)10-8-13/h4-10,12H,1-3H3,(H2,17,18,19,21)/t12-/m0/s1. The molecule has 0 saturated carbocycles. The van der Waals surface area contributed by atoms with Gasteiger partial charge < -0.3 is 15.4 Å². The molecule has 0 radical (unpaired) electrons. The van der Waals surface area contributed by atoms with Crippen molar-refractivity contribution in [2.24, 2.45) is 0 Å². The number of aromatic nitrogens is 1. The van der Waals surface area contributed by atoms with Gasteiger partial charge in [0.2, 0.25) is 0 Å². The van der Waals surface area contributed by atoms with Crippen molar-refractivity contribution in [2.75, 3.05) is 12.4 Å². The van der Waals surface area contributed by atoms with Gasteiger partial charge in [0.1, 0.15) is 11.6 Å². The monoisotopic (exact) mass is 301 g/mol. The predicted octanol–water partition coefficient (Wildman–Crippen LogP) is 3.45. The van der Waals surface area contributed by atoms with Gasteiger partial charge in [0.05, 0.1) is 13.2 Å². The molecule has 1 atom stereocenters. The normalized spacial score (nSPS) is 11.6. The summed E-state index contributed by atoms with van der Waals surface area (Å²) in [6.45, 7) is 4.00. The molecule has 1 aromatic carbocycles. The molecule has 0 amide bonds. The van der Waals surface area contributed by atoms with Crippen molar-refractivity contribution in [1.29, 1.82) is 0 Å². The van der Waals surface area contributed by atoms with Gasteiger partial charge in [0.25, 0.3) is 0 Å². The molecule has 0 fully saturated rings. The van der Waals surface area contributed by atoms with Crippen LogP contribution < -0.4 is 15.4 Å². The molecule has 0 spiro atoms. The summed E-state index contributed by atoms with van der Waals surface area (Å²) in [7, 11) is 1.66. The van der Waals surface area contributed by atoms with Gasteiger partial charge in [0.15, 0.2) is 5.11 Å². The molecule has 21 heavy (non-hydrogen) atoms. The van der Waals surface area contributed by atoms with Crippen molar-refractivity contribution in [3.05, 3.63) is 53.7 Å². The van der Waals surface area contributed by atoms with Crippen molar-refractivity contribution < 1.29 is 4.74 Å². The Morgan fingerprint density at radius 3 is 2.52 bits per heavy atom. The number of hydrogen-bond donors (Lipinski definition) is 2. The molecule has 1 heterocycles. The Labute approximate surface area is 130 Å². The molecule has 0 aliphatic rings. The van der Waals surface area contributed by atoms with Gasteiger partial charge in [0, 0.05) is 5.69 Å². The van der Waals surface area contributed by atoms with Crippen LogP contribution in [0.1, 0.15) is 24.2 Å². The SMILES string of the molecule is COc1ccc([C@H](C)NC(=S)Nc2cccc(C)n2)cc1. The van der Waals surface area contributed by atoms with E-state index in [1.165, 1.54) is 0 Å². The summed E-state index contributed by atoms with van der Waals surface area (Å²) in [6, 6.07) is 13.8. The number of benzene rings is 1. The molecule has 2 rings (SSSR count). The highest BCUT2D eigenvalue weighted by Gasteiger charge is 2.07. The Kier molecular flexibility index (Phi) is 5.11. The van der Waals surface area contributed by atoms with Crippen LogP contribution in [0.25, 0.3) is 0 Å². The maximum absolute atomic E-state index is 5.32. The summed E-state index contributed by atoms with van der Waals surface area (Å²) in [5, 5.41) is 6.88.